The number of nitrogens with zero attached hydrogens (tertiary/aromatic N) is 1. The highest BCUT2D eigenvalue weighted by molar-refractivity contribution is 6.33. The second-order valence-corrected chi connectivity index (χ2v) is 5.66. The molecule has 1 aromatic heterocycles. The van der Waals surface area contributed by atoms with Crippen molar-refractivity contribution in [1.29, 1.82) is 0 Å². The van der Waals surface area contributed by atoms with E-state index in [1.165, 1.54) is 35.0 Å². The van der Waals surface area contributed by atoms with Gasteiger partial charge in [-0.05, 0) is 36.8 Å². The lowest BCUT2D eigenvalue weighted by Gasteiger charge is -2.17. The monoisotopic (exact) mass is 363 g/mol. The number of benzene rings is 1. The summed E-state index contributed by atoms with van der Waals surface area (Å²) in [6.07, 6.45) is 1.81. The lowest BCUT2D eigenvalue weighted by molar-refractivity contribution is -0.124. The molecule has 132 valence electrons. The van der Waals surface area contributed by atoms with Gasteiger partial charge in [0, 0.05) is 11.8 Å². The zero-order chi connectivity index (χ0) is 18.6. The molecule has 25 heavy (non-hydrogen) atoms. The molecule has 2 amide bonds. The van der Waals surface area contributed by atoms with Gasteiger partial charge in [-0.2, -0.15) is 0 Å². The van der Waals surface area contributed by atoms with E-state index in [1.807, 2.05) is 5.43 Å². The number of nitrogens with two attached hydrogens (primary N) is 2. The summed E-state index contributed by atoms with van der Waals surface area (Å²) in [5.41, 5.74) is 7.74. The van der Waals surface area contributed by atoms with Crippen LogP contribution in [0.1, 0.15) is 29.7 Å². The van der Waals surface area contributed by atoms with Crippen molar-refractivity contribution in [2.45, 2.75) is 19.4 Å². The summed E-state index contributed by atoms with van der Waals surface area (Å²) in [7, 11) is 0. The van der Waals surface area contributed by atoms with Crippen molar-refractivity contribution in [3.05, 3.63) is 57.5 Å². The highest BCUT2D eigenvalue weighted by Gasteiger charge is 2.20. The summed E-state index contributed by atoms with van der Waals surface area (Å²) in [5.74, 6) is 4.13. The van der Waals surface area contributed by atoms with Crippen molar-refractivity contribution in [2.75, 3.05) is 11.1 Å². The molecule has 0 saturated carbocycles. The number of nitrogens with one attached hydrogen (secondary N) is 2. The Balaban J connectivity index is 2.33. The van der Waals surface area contributed by atoms with Crippen LogP contribution in [0.3, 0.4) is 0 Å². The van der Waals surface area contributed by atoms with Crippen LogP contribution in [0.4, 0.5) is 11.4 Å². The van der Waals surface area contributed by atoms with Crippen molar-refractivity contribution >= 4 is 34.8 Å². The molecule has 2 aromatic rings. The maximum atomic E-state index is 12.6. The van der Waals surface area contributed by atoms with Gasteiger partial charge in [0.15, 0.2) is 0 Å². The first kappa shape index (κ1) is 18.5. The average Bonchev–Trinajstić information content (AvgIpc) is 2.60. The molecule has 6 N–H and O–H groups in total. The van der Waals surface area contributed by atoms with Crippen LogP contribution in [0.5, 0.6) is 0 Å². The highest BCUT2D eigenvalue weighted by Crippen LogP contribution is 2.20. The number of carbonyl (C=O) groups is 2. The Bertz CT molecular complexity index is 865. The fourth-order valence-corrected chi connectivity index (χ4v) is 2.50. The molecular weight excluding hydrogens is 346 g/mol. The largest absolute Gasteiger partial charge is 0.398 e. The fourth-order valence-electron chi connectivity index (χ4n) is 2.32. The van der Waals surface area contributed by atoms with Gasteiger partial charge in [0.05, 0.1) is 10.7 Å². The molecule has 8 nitrogen and oxygen atoms in total. The maximum Gasteiger partial charge on any atom is 0.275 e. The smallest absolute Gasteiger partial charge is 0.275 e. The Morgan fingerprint density at radius 2 is 2.04 bits per heavy atom. The van der Waals surface area contributed by atoms with E-state index in [2.05, 4.69) is 5.32 Å². The molecule has 0 aliphatic carbocycles. The summed E-state index contributed by atoms with van der Waals surface area (Å²) in [6.45, 7) is 1.74. The second kappa shape index (κ2) is 7.82. The molecule has 1 aromatic carbocycles. The molecular formula is C16H18ClN5O3. The van der Waals surface area contributed by atoms with Crippen molar-refractivity contribution < 1.29 is 9.59 Å². The molecule has 0 bridgehead atoms. The van der Waals surface area contributed by atoms with Crippen molar-refractivity contribution in [1.82, 2.24) is 9.99 Å². The van der Waals surface area contributed by atoms with Crippen LogP contribution in [0, 0.1) is 0 Å². The van der Waals surface area contributed by atoms with Gasteiger partial charge in [0.25, 0.3) is 17.4 Å². The Hall–Kier alpha value is -2.84. The van der Waals surface area contributed by atoms with Gasteiger partial charge in [-0.15, -0.1) is 0 Å². The predicted octanol–water partition coefficient (Wildman–Crippen LogP) is 1.28. The number of rotatable bonds is 5. The zero-order valence-electron chi connectivity index (χ0n) is 13.5. The van der Waals surface area contributed by atoms with Crippen LogP contribution in [-0.2, 0) is 4.79 Å². The van der Waals surface area contributed by atoms with Crippen molar-refractivity contribution in [3.63, 3.8) is 0 Å². The molecule has 0 saturated heterocycles. The van der Waals surface area contributed by atoms with Crippen LogP contribution in [-0.4, -0.2) is 16.4 Å². The number of anilines is 2. The third kappa shape index (κ3) is 3.98. The van der Waals surface area contributed by atoms with Gasteiger partial charge in [-0.25, -0.2) is 5.84 Å². The van der Waals surface area contributed by atoms with E-state index in [9.17, 15) is 14.4 Å². The first-order chi connectivity index (χ1) is 11.9. The maximum absolute atomic E-state index is 12.6. The molecule has 2 rings (SSSR count). The van der Waals surface area contributed by atoms with E-state index in [1.54, 1.807) is 13.0 Å². The van der Waals surface area contributed by atoms with Crippen LogP contribution in [0.25, 0.3) is 0 Å². The lowest BCUT2D eigenvalue weighted by Crippen LogP contribution is -2.40. The Labute approximate surface area is 148 Å². The van der Waals surface area contributed by atoms with Gasteiger partial charge < -0.3 is 15.6 Å². The minimum atomic E-state index is -0.777. The molecule has 0 radical (unpaired) electrons. The van der Waals surface area contributed by atoms with Gasteiger partial charge in [0.2, 0.25) is 0 Å². The van der Waals surface area contributed by atoms with Crippen LogP contribution in [0.15, 0.2) is 41.3 Å². The molecule has 1 atom stereocenters. The fraction of sp³-hybridized carbons (Fsp3) is 0.188. The molecule has 0 spiro atoms. The lowest BCUT2D eigenvalue weighted by atomic mass is 10.2. The number of hydrogen-bond acceptors (Lipinski definition) is 5. The second-order valence-electron chi connectivity index (χ2n) is 5.26. The van der Waals surface area contributed by atoms with E-state index < -0.39 is 23.4 Å². The van der Waals surface area contributed by atoms with E-state index in [0.29, 0.717) is 12.1 Å². The number of halogens is 1. The summed E-state index contributed by atoms with van der Waals surface area (Å²) >= 11 is 5.90. The molecule has 9 heteroatoms. The average molecular weight is 364 g/mol. The van der Waals surface area contributed by atoms with Crippen LogP contribution in [0.2, 0.25) is 5.02 Å². The summed E-state index contributed by atoms with van der Waals surface area (Å²) in [4.78, 5) is 36.7. The van der Waals surface area contributed by atoms with Gasteiger partial charge in [-0.1, -0.05) is 18.5 Å². The van der Waals surface area contributed by atoms with Gasteiger partial charge in [-0.3, -0.25) is 19.8 Å². The zero-order valence-corrected chi connectivity index (χ0v) is 14.2. The molecule has 0 fully saturated rings. The number of nitrogen functional groups attached to an aromatic ring is 1. The highest BCUT2D eigenvalue weighted by atomic mass is 35.5. The SMILES string of the molecule is CCC(C(=O)NN)n1cccc(NC(=O)c2ccc(N)c(Cl)c2)c1=O. The summed E-state index contributed by atoms with van der Waals surface area (Å²) in [6, 6.07) is 6.63. The number of hydrazine groups is 1. The third-order valence-corrected chi connectivity index (χ3v) is 3.98. The van der Waals surface area contributed by atoms with Gasteiger partial charge >= 0.3 is 0 Å². The Morgan fingerprint density at radius 3 is 2.64 bits per heavy atom. The van der Waals surface area contributed by atoms with Crippen LogP contribution >= 0.6 is 11.6 Å². The molecule has 0 aliphatic heterocycles. The Kier molecular flexibility index (Phi) is 5.79. The minimum absolute atomic E-state index is 0.0312. The van der Waals surface area contributed by atoms with E-state index in [0.717, 1.165) is 0 Å². The first-order valence-electron chi connectivity index (χ1n) is 7.47. The first-order valence-corrected chi connectivity index (χ1v) is 7.84. The third-order valence-electron chi connectivity index (χ3n) is 3.65. The quantitative estimate of drug-likeness (QED) is 0.275. The van der Waals surface area contributed by atoms with Gasteiger partial charge in [0.1, 0.15) is 11.7 Å². The van der Waals surface area contributed by atoms with E-state index in [-0.39, 0.29) is 16.3 Å². The number of aromatic nitrogens is 1. The number of carbonyl (C=O) groups excluding carboxylic acids is 2. The van der Waals surface area contributed by atoms with Crippen molar-refractivity contribution in [2.24, 2.45) is 5.84 Å². The molecule has 0 aliphatic rings. The predicted molar refractivity (Wildman–Crippen MR) is 96.2 cm³/mol. The number of pyridine rings is 1. The van der Waals surface area contributed by atoms with Crippen LogP contribution < -0.4 is 27.9 Å². The molecule has 1 unspecified atom stereocenters. The number of hydrogen-bond donors (Lipinski definition) is 4. The normalized spacial score (nSPS) is 11.6. The van der Waals surface area contributed by atoms with Crippen molar-refractivity contribution in [3.8, 4) is 0 Å². The number of amides is 2. The topological polar surface area (TPSA) is 132 Å². The van der Waals surface area contributed by atoms with E-state index >= 15 is 0 Å². The summed E-state index contributed by atoms with van der Waals surface area (Å²) in [5, 5.41) is 2.75. The van der Waals surface area contributed by atoms with E-state index in [4.69, 9.17) is 23.2 Å². The summed E-state index contributed by atoms with van der Waals surface area (Å²) < 4.78 is 1.22. The molecule has 1 heterocycles. The Morgan fingerprint density at radius 1 is 1.32 bits per heavy atom. The minimum Gasteiger partial charge on any atom is -0.398 e. The standard InChI is InChI=1S/C16H18ClN5O3/c1-2-13(15(24)21-19)22-7-3-4-12(16(22)25)20-14(23)9-5-6-11(18)10(17)8-9/h3-8,13H,2,18-19H2,1H3,(H,20,23)(H,21,24).